The van der Waals surface area contributed by atoms with Crippen LogP contribution in [0, 0.1) is 0 Å². The van der Waals surface area contributed by atoms with Crippen molar-refractivity contribution in [1.29, 1.82) is 0 Å². The lowest BCUT2D eigenvalue weighted by Crippen LogP contribution is -2.48. The van der Waals surface area contributed by atoms with Gasteiger partial charge in [0.1, 0.15) is 6.04 Å². The van der Waals surface area contributed by atoms with Crippen LogP contribution < -0.4 is 44.2 Å². The molecule has 2 atom stereocenters. The first-order valence-corrected chi connectivity index (χ1v) is 15.0. The zero-order valence-electron chi connectivity index (χ0n) is 23.0. The smallest absolute Gasteiger partial charge is 0.243 e. The Labute approximate surface area is 238 Å². The van der Waals surface area contributed by atoms with Crippen molar-refractivity contribution in [3.05, 3.63) is 0 Å². The van der Waals surface area contributed by atoms with Crippen molar-refractivity contribution in [3.8, 4) is 0 Å². The van der Waals surface area contributed by atoms with Crippen LogP contribution in [0.5, 0.6) is 0 Å². The van der Waals surface area contributed by atoms with Crippen molar-refractivity contribution in [2.24, 2.45) is 27.9 Å². The van der Waals surface area contributed by atoms with E-state index in [0.29, 0.717) is 63.9 Å². The van der Waals surface area contributed by atoms with Gasteiger partial charge >= 0.3 is 0 Å². The molecule has 39 heavy (non-hydrogen) atoms. The van der Waals surface area contributed by atoms with Crippen LogP contribution in [0.3, 0.4) is 0 Å². The summed E-state index contributed by atoms with van der Waals surface area (Å²) in [4.78, 5) is 62.5. The van der Waals surface area contributed by atoms with Crippen LogP contribution in [0.15, 0.2) is 4.99 Å². The molecule has 0 rings (SSSR count). The van der Waals surface area contributed by atoms with Gasteiger partial charge in [-0.25, -0.2) is 0 Å². The van der Waals surface area contributed by atoms with Gasteiger partial charge in [0.05, 0.1) is 12.6 Å². The summed E-state index contributed by atoms with van der Waals surface area (Å²) >= 11 is 0. The molecule has 0 aliphatic carbocycles. The van der Waals surface area contributed by atoms with E-state index in [9.17, 15) is 24.0 Å². The number of amides is 5. The number of nitrogens with zero attached hydrogens (tertiary/aromatic N) is 1. The van der Waals surface area contributed by atoms with Crippen LogP contribution in [0.1, 0.15) is 59.3 Å². The molecule has 0 spiro atoms. The average Bonchev–Trinajstić information content (AvgIpc) is 2.84. The lowest BCUT2D eigenvalue weighted by atomic mass is 10.1. The van der Waals surface area contributed by atoms with Gasteiger partial charge in [0.25, 0.3) is 0 Å². The largest absolute Gasteiger partial charge is 0.370 e. The predicted octanol–water partition coefficient (Wildman–Crippen LogP) is -1.57. The number of carbonyl (C=O) groups excluding carboxylic acids is 5. The molecule has 0 bridgehead atoms. The molecule has 16 heteroatoms. The van der Waals surface area contributed by atoms with Gasteiger partial charge in [-0.15, -0.1) is 0 Å². The summed E-state index contributed by atoms with van der Waals surface area (Å²) in [6, 6.07) is -1.41. The molecule has 224 valence electrons. The first-order chi connectivity index (χ1) is 18.2. The molecule has 5 amide bonds. The number of nitrogens with one attached hydrogen (secondary N) is 4. The maximum absolute atomic E-state index is 12.2. The van der Waals surface area contributed by atoms with Crippen molar-refractivity contribution in [2.75, 3.05) is 31.9 Å². The monoisotopic (exact) mass is 591 g/mol. The summed E-state index contributed by atoms with van der Waals surface area (Å²) < 4.78 is -0.261. The van der Waals surface area contributed by atoms with Crippen LogP contribution >= 0.6 is 21.6 Å². The van der Waals surface area contributed by atoms with Gasteiger partial charge < -0.3 is 44.2 Å². The highest BCUT2D eigenvalue weighted by molar-refractivity contribution is 8.77. The fourth-order valence-corrected chi connectivity index (χ4v) is 5.48. The van der Waals surface area contributed by atoms with E-state index in [0.717, 1.165) is 0 Å². The van der Waals surface area contributed by atoms with Crippen LogP contribution in [-0.4, -0.2) is 84.3 Å². The Kier molecular flexibility index (Phi) is 18.8. The lowest BCUT2D eigenvalue weighted by Gasteiger charge is -2.24. The normalized spacial score (nSPS) is 12.5. The number of rotatable bonds is 21. The minimum absolute atomic E-state index is 0.0119. The molecule has 0 aromatic rings. The van der Waals surface area contributed by atoms with E-state index < -0.39 is 23.9 Å². The fourth-order valence-electron chi connectivity index (χ4n) is 3.05. The Hall–Kier alpha value is -2.72. The van der Waals surface area contributed by atoms with Crippen LogP contribution in [0.25, 0.3) is 0 Å². The number of nitrogens with two attached hydrogens (primary N) is 4. The van der Waals surface area contributed by atoms with E-state index in [1.54, 1.807) is 21.6 Å². The molecule has 0 radical (unpaired) electrons. The molecule has 0 aliphatic heterocycles. The first-order valence-electron chi connectivity index (χ1n) is 12.7. The Balaban J connectivity index is 4.10. The maximum Gasteiger partial charge on any atom is 0.243 e. The van der Waals surface area contributed by atoms with Crippen molar-refractivity contribution in [1.82, 2.24) is 21.3 Å². The highest BCUT2D eigenvalue weighted by Crippen LogP contribution is 2.35. The van der Waals surface area contributed by atoms with E-state index in [-0.39, 0.29) is 35.0 Å². The number of hydrogen-bond acceptors (Lipinski definition) is 9. The summed E-state index contributed by atoms with van der Waals surface area (Å²) in [7, 11) is 3.13. The fraction of sp³-hybridized carbons (Fsp3) is 0.739. The van der Waals surface area contributed by atoms with Crippen molar-refractivity contribution < 1.29 is 24.0 Å². The summed E-state index contributed by atoms with van der Waals surface area (Å²) in [5, 5.41) is 10.6. The number of carbonyl (C=O) groups is 5. The van der Waals surface area contributed by atoms with Gasteiger partial charge in [-0.2, -0.15) is 0 Å². The molecule has 0 aromatic heterocycles. The van der Waals surface area contributed by atoms with Gasteiger partial charge in [-0.05, 0) is 46.0 Å². The number of aliphatic imine (C=N–C) groups is 1. The molecule has 0 fully saturated rings. The highest BCUT2D eigenvalue weighted by atomic mass is 33.1. The van der Waals surface area contributed by atoms with Crippen molar-refractivity contribution >= 4 is 57.1 Å². The Morgan fingerprint density at radius 3 is 2.23 bits per heavy atom. The number of hydrogen-bond donors (Lipinski definition) is 8. The van der Waals surface area contributed by atoms with Gasteiger partial charge in [0.2, 0.25) is 29.5 Å². The lowest BCUT2D eigenvalue weighted by molar-refractivity contribution is -0.129. The molecular weight excluding hydrogens is 546 g/mol. The van der Waals surface area contributed by atoms with Gasteiger partial charge in [0, 0.05) is 43.5 Å². The van der Waals surface area contributed by atoms with E-state index in [1.807, 2.05) is 13.8 Å². The van der Waals surface area contributed by atoms with Gasteiger partial charge in [-0.3, -0.25) is 29.0 Å². The number of unbranched alkanes of at least 4 members (excludes halogenated alkanes) is 1. The van der Waals surface area contributed by atoms with E-state index in [4.69, 9.17) is 22.9 Å². The number of primary amides is 1. The standard InChI is InChI=1S/C23H45N9O5S2/c1-15(33)32-17(21(37)30-13-18(25)34)8-4-5-10-28-19(35)9-12-38-39-23(2,3)14-31-20(36)16(24)7-6-11-29-22(26)27/h16-17H,4-14,24H2,1-3H3,(H2,25,34)(H,28,35)(H,30,37)(H,31,36)(H,32,33)(H4,26,27,29)/t16-,17?/m1/s1. The third-order valence-corrected chi connectivity index (χ3v) is 8.35. The molecule has 12 N–H and O–H groups in total. The van der Waals surface area contributed by atoms with Crippen LogP contribution in [0.2, 0.25) is 0 Å². The molecule has 0 aromatic carbocycles. The molecular formula is C23H45N9O5S2. The van der Waals surface area contributed by atoms with E-state index in [2.05, 4.69) is 26.3 Å². The topological polar surface area (TPSA) is 250 Å². The minimum Gasteiger partial charge on any atom is -0.370 e. The third-order valence-electron chi connectivity index (χ3n) is 5.06. The zero-order valence-corrected chi connectivity index (χ0v) is 24.7. The highest BCUT2D eigenvalue weighted by Gasteiger charge is 2.22. The molecule has 0 heterocycles. The molecule has 1 unspecified atom stereocenters. The summed E-state index contributed by atoms with van der Waals surface area (Å²) in [6.07, 6.45) is 2.99. The van der Waals surface area contributed by atoms with Crippen LogP contribution in [0.4, 0.5) is 0 Å². The maximum atomic E-state index is 12.2. The molecule has 14 nitrogen and oxygen atoms in total. The van der Waals surface area contributed by atoms with Gasteiger partial charge in [0.15, 0.2) is 5.96 Å². The third kappa shape index (κ3) is 20.9. The summed E-state index contributed by atoms with van der Waals surface area (Å²) in [5.74, 6) is -1.21. The second-order valence-corrected chi connectivity index (χ2v) is 12.6. The Morgan fingerprint density at radius 1 is 0.923 bits per heavy atom. The Morgan fingerprint density at radius 2 is 1.62 bits per heavy atom. The van der Waals surface area contributed by atoms with E-state index in [1.165, 1.54) is 6.92 Å². The Bertz CT molecular complexity index is 839. The zero-order chi connectivity index (χ0) is 29.8. The minimum atomic E-state index is -0.772. The molecule has 0 saturated carbocycles. The predicted molar refractivity (Wildman–Crippen MR) is 156 cm³/mol. The second-order valence-electron chi connectivity index (χ2n) is 9.47. The van der Waals surface area contributed by atoms with Crippen molar-refractivity contribution in [3.63, 3.8) is 0 Å². The second kappa shape index (κ2) is 20.2. The van der Waals surface area contributed by atoms with E-state index >= 15 is 0 Å². The molecule has 0 saturated heterocycles. The first kappa shape index (κ1) is 36.3. The summed E-state index contributed by atoms with van der Waals surface area (Å²) in [6.45, 7) is 6.29. The number of guanidine groups is 1. The quantitative estimate of drug-likeness (QED) is 0.0329. The van der Waals surface area contributed by atoms with Gasteiger partial charge in [-0.1, -0.05) is 21.6 Å². The SMILES string of the molecule is CC(=O)NC(CCCCNC(=O)CCSSC(C)(C)CNC(=O)[C@H](N)CCCN=C(N)N)C(=O)NCC(N)=O. The average molecular weight is 592 g/mol. The summed E-state index contributed by atoms with van der Waals surface area (Å²) in [5.41, 5.74) is 21.5. The van der Waals surface area contributed by atoms with Crippen molar-refractivity contribution in [2.45, 2.75) is 76.1 Å². The molecule has 0 aliphatic rings. The van der Waals surface area contributed by atoms with Crippen LogP contribution in [-0.2, 0) is 24.0 Å².